The molecule has 27 heavy (non-hydrogen) atoms. The highest BCUT2D eigenvalue weighted by molar-refractivity contribution is 5.90. The average Bonchev–Trinajstić information content (AvgIpc) is 2.66. The highest BCUT2D eigenvalue weighted by Crippen LogP contribution is 2.21. The number of hydrogen-bond acceptors (Lipinski definition) is 4. The first-order chi connectivity index (χ1) is 13.0. The molecule has 4 nitrogen and oxygen atoms in total. The molecule has 0 aliphatic heterocycles. The second kappa shape index (κ2) is 8.68. The Hall–Kier alpha value is -2.86. The van der Waals surface area contributed by atoms with E-state index < -0.39 is 11.6 Å². The zero-order chi connectivity index (χ0) is 19.2. The number of rotatable bonds is 7. The third kappa shape index (κ3) is 5.08. The highest BCUT2D eigenvalue weighted by Gasteiger charge is 2.06. The van der Waals surface area contributed by atoms with E-state index in [2.05, 4.69) is 20.2 Å². The fraction of sp³-hybridized carbons (Fsp3) is 0.238. The zero-order valence-electron chi connectivity index (χ0n) is 15.4. The lowest BCUT2D eigenvalue weighted by Crippen LogP contribution is -2.16. The number of hydrogen-bond donors (Lipinski definition) is 1. The van der Waals surface area contributed by atoms with Crippen LogP contribution < -0.4 is 5.32 Å². The van der Waals surface area contributed by atoms with Crippen LogP contribution in [0.25, 0.3) is 23.1 Å². The predicted octanol–water partition coefficient (Wildman–Crippen LogP) is 4.44. The van der Waals surface area contributed by atoms with Gasteiger partial charge in [-0.1, -0.05) is 24.3 Å². The molecule has 1 aromatic heterocycles. The number of benzene rings is 2. The molecule has 0 aliphatic carbocycles. The molecule has 0 saturated heterocycles. The maximum Gasteiger partial charge on any atom is 0.159 e. The third-order valence-electron chi connectivity index (χ3n) is 4.06. The van der Waals surface area contributed by atoms with E-state index in [-0.39, 0.29) is 0 Å². The van der Waals surface area contributed by atoms with Crippen molar-refractivity contribution in [3.8, 4) is 0 Å². The second-order valence-corrected chi connectivity index (χ2v) is 6.54. The molecule has 0 aliphatic rings. The summed E-state index contributed by atoms with van der Waals surface area (Å²) in [6.07, 6.45) is 4.36. The van der Waals surface area contributed by atoms with Crippen molar-refractivity contribution >= 4 is 28.9 Å². The molecule has 6 heteroatoms. The molecule has 0 fully saturated rings. The zero-order valence-corrected chi connectivity index (χ0v) is 15.4. The van der Waals surface area contributed by atoms with E-state index in [1.165, 1.54) is 6.07 Å². The van der Waals surface area contributed by atoms with E-state index in [9.17, 15) is 8.78 Å². The minimum absolute atomic E-state index is 0.508. The van der Waals surface area contributed by atoms with E-state index in [0.717, 1.165) is 48.4 Å². The number of nitrogens with one attached hydrogen (secondary N) is 1. The van der Waals surface area contributed by atoms with Gasteiger partial charge < -0.3 is 10.2 Å². The Labute approximate surface area is 157 Å². The van der Waals surface area contributed by atoms with Gasteiger partial charge in [-0.25, -0.2) is 18.7 Å². The number of para-hydroxylation sites is 1. The Balaban J connectivity index is 1.84. The van der Waals surface area contributed by atoms with Gasteiger partial charge in [-0.2, -0.15) is 0 Å². The van der Waals surface area contributed by atoms with E-state index in [1.807, 2.05) is 38.4 Å². The molecule has 3 rings (SSSR count). The van der Waals surface area contributed by atoms with Crippen LogP contribution in [0.3, 0.4) is 0 Å². The lowest BCUT2D eigenvalue weighted by Gasteiger charge is -2.12. The smallest absolute Gasteiger partial charge is 0.159 e. The SMILES string of the molecule is CN(C)CCCNc1nc(C=Cc2ccc(F)c(F)c2)nc2ccccc12. The summed E-state index contributed by atoms with van der Waals surface area (Å²) in [5.41, 5.74) is 1.37. The van der Waals surface area contributed by atoms with Gasteiger partial charge in [-0.05, 0) is 63.0 Å². The van der Waals surface area contributed by atoms with Crippen molar-refractivity contribution in [2.24, 2.45) is 0 Å². The first kappa shape index (κ1) is 18.9. The molecule has 0 spiro atoms. The van der Waals surface area contributed by atoms with Crippen molar-refractivity contribution in [2.45, 2.75) is 6.42 Å². The van der Waals surface area contributed by atoms with Crippen LogP contribution in [0, 0.1) is 11.6 Å². The highest BCUT2D eigenvalue weighted by atomic mass is 19.2. The summed E-state index contributed by atoms with van der Waals surface area (Å²) in [4.78, 5) is 11.3. The Morgan fingerprint density at radius 1 is 1.00 bits per heavy atom. The topological polar surface area (TPSA) is 41.0 Å². The van der Waals surface area contributed by atoms with Crippen LogP contribution in [0.4, 0.5) is 14.6 Å². The van der Waals surface area contributed by atoms with E-state index >= 15 is 0 Å². The number of halogens is 2. The Kier molecular flexibility index (Phi) is 6.08. The molecule has 2 aromatic carbocycles. The van der Waals surface area contributed by atoms with Crippen LogP contribution in [0.5, 0.6) is 0 Å². The maximum absolute atomic E-state index is 13.4. The summed E-state index contributed by atoms with van der Waals surface area (Å²) in [6.45, 7) is 1.78. The van der Waals surface area contributed by atoms with Crippen molar-refractivity contribution < 1.29 is 8.78 Å². The van der Waals surface area contributed by atoms with Gasteiger partial charge in [-0.3, -0.25) is 0 Å². The van der Waals surface area contributed by atoms with Gasteiger partial charge in [0.15, 0.2) is 17.5 Å². The van der Waals surface area contributed by atoms with E-state index in [4.69, 9.17) is 0 Å². The largest absolute Gasteiger partial charge is 0.369 e. The summed E-state index contributed by atoms with van der Waals surface area (Å²) in [5.74, 6) is -0.462. The lowest BCUT2D eigenvalue weighted by molar-refractivity contribution is 0.405. The Bertz CT molecular complexity index is 954. The van der Waals surface area contributed by atoms with Crippen molar-refractivity contribution in [1.82, 2.24) is 14.9 Å². The molecule has 140 valence electrons. The Morgan fingerprint density at radius 2 is 1.81 bits per heavy atom. The van der Waals surface area contributed by atoms with Crippen LogP contribution in [-0.2, 0) is 0 Å². The number of anilines is 1. The van der Waals surface area contributed by atoms with Crippen LogP contribution in [0.1, 0.15) is 17.8 Å². The van der Waals surface area contributed by atoms with Crippen molar-refractivity contribution in [3.63, 3.8) is 0 Å². The molecular formula is C21H22F2N4. The summed E-state index contributed by atoms with van der Waals surface area (Å²) in [6, 6.07) is 11.5. The number of nitrogens with zero attached hydrogens (tertiary/aromatic N) is 3. The van der Waals surface area contributed by atoms with Gasteiger partial charge in [0.05, 0.1) is 5.52 Å². The standard InChI is InChI=1S/C21H22F2N4/c1-27(2)13-5-12-24-21-16-6-3-4-7-19(16)25-20(26-21)11-9-15-8-10-17(22)18(23)14-15/h3-4,6-11,14H,5,12-13H2,1-2H3,(H,24,25,26). The van der Waals surface area contributed by atoms with E-state index in [1.54, 1.807) is 12.2 Å². The summed E-state index contributed by atoms with van der Waals surface area (Å²) in [5, 5.41) is 4.33. The van der Waals surface area contributed by atoms with Crippen LogP contribution in [0.15, 0.2) is 42.5 Å². The predicted molar refractivity (Wildman–Crippen MR) is 106 cm³/mol. The van der Waals surface area contributed by atoms with Gasteiger partial charge >= 0.3 is 0 Å². The number of fused-ring (bicyclic) bond motifs is 1. The third-order valence-corrected chi connectivity index (χ3v) is 4.06. The lowest BCUT2D eigenvalue weighted by atomic mass is 10.2. The molecule has 0 radical (unpaired) electrons. The quantitative estimate of drug-likeness (QED) is 0.626. The molecule has 1 N–H and O–H groups in total. The van der Waals surface area contributed by atoms with Gasteiger partial charge in [0.25, 0.3) is 0 Å². The van der Waals surface area contributed by atoms with Crippen molar-refractivity contribution in [2.75, 3.05) is 32.5 Å². The van der Waals surface area contributed by atoms with Gasteiger partial charge in [0.2, 0.25) is 0 Å². The maximum atomic E-state index is 13.4. The summed E-state index contributed by atoms with van der Waals surface area (Å²) < 4.78 is 26.4. The molecule has 0 saturated carbocycles. The Morgan fingerprint density at radius 3 is 2.59 bits per heavy atom. The number of aromatic nitrogens is 2. The minimum atomic E-state index is -0.875. The van der Waals surface area contributed by atoms with E-state index in [0.29, 0.717) is 11.4 Å². The summed E-state index contributed by atoms with van der Waals surface area (Å²) in [7, 11) is 4.09. The molecule has 0 amide bonds. The fourth-order valence-corrected chi connectivity index (χ4v) is 2.69. The second-order valence-electron chi connectivity index (χ2n) is 6.54. The molecule has 0 unspecified atom stereocenters. The van der Waals surface area contributed by atoms with Crippen molar-refractivity contribution in [3.05, 3.63) is 65.5 Å². The molecular weight excluding hydrogens is 346 g/mol. The molecule has 3 aromatic rings. The van der Waals surface area contributed by atoms with Crippen LogP contribution in [0.2, 0.25) is 0 Å². The first-order valence-electron chi connectivity index (χ1n) is 8.81. The minimum Gasteiger partial charge on any atom is -0.369 e. The van der Waals surface area contributed by atoms with Crippen LogP contribution in [-0.4, -0.2) is 42.1 Å². The average molecular weight is 368 g/mol. The first-order valence-corrected chi connectivity index (χ1v) is 8.81. The monoisotopic (exact) mass is 368 g/mol. The molecule has 1 heterocycles. The molecule has 0 bridgehead atoms. The van der Waals surface area contributed by atoms with Gasteiger partial charge in [-0.15, -0.1) is 0 Å². The van der Waals surface area contributed by atoms with Crippen molar-refractivity contribution in [1.29, 1.82) is 0 Å². The summed E-state index contributed by atoms with van der Waals surface area (Å²) >= 11 is 0. The normalized spacial score (nSPS) is 11.6. The van der Waals surface area contributed by atoms with Gasteiger partial charge in [0, 0.05) is 11.9 Å². The fourth-order valence-electron chi connectivity index (χ4n) is 2.69. The van der Waals surface area contributed by atoms with Crippen LogP contribution >= 0.6 is 0 Å². The molecule has 0 atom stereocenters. The van der Waals surface area contributed by atoms with Gasteiger partial charge in [0.1, 0.15) is 5.82 Å².